The fourth-order valence-electron chi connectivity index (χ4n) is 3.12. The minimum absolute atomic E-state index is 0.0904. The molecule has 1 amide bonds. The number of amides is 1. The van der Waals surface area contributed by atoms with Gasteiger partial charge in [-0.2, -0.15) is 0 Å². The van der Waals surface area contributed by atoms with Crippen LogP contribution >= 0.6 is 11.6 Å². The summed E-state index contributed by atoms with van der Waals surface area (Å²) in [6.45, 7) is 6.55. The maximum atomic E-state index is 12.8. The Bertz CT molecular complexity index is 751. The lowest BCUT2D eigenvalue weighted by atomic mass is 10.1. The second kappa shape index (κ2) is 7.27. The van der Waals surface area contributed by atoms with Gasteiger partial charge >= 0.3 is 0 Å². The fraction of sp³-hybridized carbons (Fsp3) is 0.350. The number of benzene rings is 2. The second-order valence-electron chi connectivity index (χ2n) is 6.47. The molecule has 2 aromatic rings. The van der Waals surface area contributed by atoms with Crippen LogP contribution in [0, 0.1) is 13.8 Å². The van der Waals surface area contributed by atoms with E-state index in [4.69, 9.17) is 11.6 Å². The first kappa shape index (κ1) is 16.8. The van der Waals surface area contributed by atoms with E-state index in [0.29, 0.717) is 17.1 Å². The van der Waals surface area contributed by atoms with Gasteiger partial charge in [-0.05, 0) is 56.0 Å². The van der Waals surface area contributed by atoms with Gasteiger partial charge in [0.15, 0.2) is 0 Å². The number of hydrogen-bond acceptors (Lipinski definition) is 2. The van der Waals surface area contributed by atoms with Crippen LogP contribution in [0.25, 0.3) is 0 Å². The van der Waals surface area contributed by atoms with Crippen molar-refractivity contribution in [1.29, 1.82) is 0 Å². The molecule has 2 aromatic carbocycles. The van der Waals surface area contributed by atoms with Crippen LogP contribution in [-0.2, 0) is 6.54 Å². The molecule has 0 spiro atoms. The van der Waals surface area contributed by atoms with Crippen molar-refractivity contribution < 1.29 is 4.79 Å². The fourth-order valence-corrected chi connectivity index (χ4v) is 3.29. The van der Waals surface area contributed by atoms with Crippen LogP contribution in [0.2, 0.25) is 5.02 Å². The third-order valence-electron chi connectivity index (χ3n) is 4.58. The molecule has 1 saturated heterocycles. The SMILES string of the molecule is Cc1ccc(C)c(CNc2cc(Cl)ccc2C(=O)N2CCCC2)c1. The summed E-state index contributed by atoms with van der Waals surface area (Å²) in [6.07, 6.45) is 2.18. The molecule has 1 fully saturated rings. The van der Waals surface area contributed by atoms with Crippen LogP contribution in [0.15, 0.2) is 36.4 Å². The predicted molar refractivity (Wildman–Crippen MR) is 99.8 cm³/mol. The van der Waals surface area contributed by atoms with Crippen LogP contribution in [0.4, 0.5) is 5.69 Å². The number of carbonyl (C=O) groups excluding carboxylic acids is 1. The first-order valence-electron chi connectivity index (χ1n) is 8.43. The van der Waals surface area contributed by atoms with Crippen molar-refractivity contribution in [2.24, 2.45) is 0 Å². The van der Waals surface area contributed by atoms with Crippen molar-refractivity contribution in [3.8, 4) is 0 Å². The number of likely N-dealkylation sites (tertiary alicyclic amines) is 1. The molecular weight excluding hydrogens is 320 g/mol. The molecule has 4 heteroatoms. The van der Waals surface area contributed by atoms with E-state index in [-0.39, 0.29) is 5.91 Å². The molecule has 0 atom stereocenters. The van der Waals surface area contributed by atoms with Gasteiger partial charge in [-0.1, -0.05) is 35.4 Å². The highest BCUT2D eigenvalue weighted by molar-refractivity contribution is 6.31. The summed E-state index contributed by atoms with van der Waals surface area (Å²) >= 11 is 6.15. The molecule has 3 rings (SSSR count). The van der Waals surface area contributed by atoms with E-state index in [1.54, 1.807) is 6.07 Å². The molecule has 0 unspecified atom stereocenters. The van der Waals surface area contributed by atoms with Gasteiger partial charge in [-0.15, -0.1) is 0 Å². The van der Waals surface area contributed by atoms with Gasteiger partial charge in [0.1, 0.15) is 0 Å². The molecule has 0 radical (unpaired) electrons. The molecule has 1 aliphatic heterocycles. The third kappa shape index (κ3) is 3.73. The summed E-state index contributed by atoms with van der Waals surface area (Å²) in [7, 11) is 0. The molecule has 1 N–H and O–H groups in total. The predicted octanol–water partition coefficient (Wildman–Crippen LogP) is 4.80. The number of hydrogen-bond donors (Lipinski definition) is 1. The smallest absolute Gasteiger partial charge is 0.255 e. The lowest BCUT2D eigenvalue weighted by Gasteiger charge is -2.19. The summed E-state index contributed by atoms with van der Waals surface area (Å²) in [5.74, 6) is 0.0904. The van der Waals surface area contributed by atoms with Crippen LogP contribution < -0.4 is 5.32 Å². The van der Waals surface area contributed by atoms with Gasteiger partial charge in [-0.25, -0.2) is 0 Å². The number of carbonyl (C=O) groups is 1. The highest BCUT2D eigenvalue weighted by Gasteiger charge is 2.22. The lowest BCUT2D eigenvalue weighted by molar-refractivity contribution is 0.0793. The van der Waals surface area contributed by atoms with Crippen molar-refractivity contribution >= 4 is 23.2 Å². The van der Waals surface area contributed by atoms with Crippen molar-refractivity contribution in [2.45, 2.75) is 33.2 Å². The quantitative estimate of drug-likeness (QED) is 0.865. The van der Waals surface area contributed by atoms with Gasteiger partial charge < -0.3 is 10.2 Å². The molecule has 1 aliphatic rings. The summed E-state index contributed by atoms with van der Waals surface area (Å²) in [5, 5.41) is 4.05. The van der Waals surface area contributed by atoms with Gasteiger partial charge in [0.2, 0.25) is 0 Å². The number of nitrogens with zero attached hydrogens (tertiary/aromatic N) is 1. The maximum Gasteiger partial charge on any atom is 0.255 e. The summed E-state index contributed by atoms with van der Waals surface area (Å²) in [6, 6.07) is 11.9. The van der Waals surface area contributed by atoms with Gasteiger partial charge in [-0.3, -0.25) is 4.79 Å². The average Bonchev–Trinajstić information content (AvgIpc) is 3.10. The molecule has 0 saturated carbocycles. The monoisotopic (exact) mass is 342 g/mol. The Balaban J connectivity index is 1.82. The Morgan fingerprint density at radius 2 is 1.88 bits per heavy atom. The van der Waals surface area contributed by atoms with E-state index in [0.717, 1.165) is 31.6 Å². The van der Waals surface area contributed by atoms with E-state index in [1.807, 2.05) is 17.0 Å². The highest BCUT2D eigenvalue weighted by Crippen LogP contribution is 2.25. The summed E-state index contributed by atoms with van der Waals surface area (Å²) in [4.78, 5) is 14.7. The molecule has 0 bridgehead atoms. The number of aryl methyl sites for hydroxylation is 2. The third-order valence-corrected chi connectivity index (χ3v) is 4.81. The van der Waals surface area contributed by atoms with Crippen LogP contribution in [0.3, 0.4) is 0 Å². The first-order chi connectivity index (χ1) is 11.5. The van der Waals surface area contributed by atoms with Crippen molar-refractivity contribution in [3.05, 3.63) is 63.7 Å². The van der Waals surface area contributed by atoms with Crippen molar-refractivity contribution in [2.75, 3.05) is 18.4 Å². The molecule has 126 valence electrons. The van der Waals surface area contributed by atoms with Crippen LogP contribution in [0.1, 0.15) is 39.9 Å². The zero-order valence-corrected chi connectivity index (χ0v) is 15.0. The summed E-state index contributed by atoms with van der Waals surface area (Å²) < 4.78 is 0. The molecule has 0 aromatic heterocycles. The molecular formula is C20H23ClN2O. The molecule has 3 nitrogen and oxygen atoms in total. The standard InChI is InChI=1S/C20H23ClN2O/c1-14-5-6-15(2)16(11-14)13-22-19-12-17(21)7-8-18(19)20(24)23-9-3-4-10-23/h5-8,11-12,22H,3-4,9-10,13H2,1-2H3. The largest absolute Gasteiger partial charge is 0.380 e. The molecule has 24 heavy (non-hydrogen) atoms. The Labute approximate surface area is 148 Å². The zero-order valence-electron chi connectivity index (χ0n) is 14.2. The Morgan fingerprint density at radius 3 is 2.62 bits per heavy atom. The number of nitrogens with one attached hydrogen (secondary N) is 1. The topological polar surface area (TPSA) is 32.3 Å². The number of halogens is 1. The second-order valence-corrected chi connectivity index (χ2v) is 6.91. The van der Waals surface area contributed by atoms with Crippen molar-refractivity contribution in [3.63, 3.8) is 0 Å². The molecule has 1 heterocycles. The van der Waals surface area contributed by atoms with E-state index in [9.17, 15) is 4.79 Å². The van der Waals surface area contributed by atoms with Crippen LogP contribution in [0.5, 0.6) is 0 Å². The Morgan fingerprint density at radius 1 is 1.12 bits per heavy atom. The van der Waals surface area contributed by atoms with E-state index >= 15 is 0 Å². The number of anilines is 1. The Hall–Kier alpha value is -2.00. The average molecular weight is 343 g/mol. The van der Waals surface area contributed by atoms with Crippen LogP contribution in [-0.4, -0.2) is 23.9 Å². The van der Waals surface area contributed by atoms with Crippen molar-refractivity contribution in [1.82, 2.24) is 4.90 Å². The normalized spacial score (nSPS) is 14.0. The zero-order chi connectivity index (χ0) is 17.1. The first-order valence-corrected chi connectivity index (χ1v) is 8.81. The Kier molecular flexibility index (Phi) is 5.10. The minimum atomic E-state index is 0.0904. The van der Waals surface area contributed by atoms with Gasteiger partial charge in [0.05, 0.1) is 5.56 Å². The van der Waals surface area contributed by atoms with E-state index in [1.165, 1.54) is 16.7 Å². The minimum Gasteiger partial charge on any atom is -0.380 e. The highest BCUT2D eigenvalue weighted by atomic mass is 35.5. The summed E-state index contributed by atoms with van der Waals surface area (Å²) in [5.41, 5.74) is 5.21. The van der Waals surface area contributed by atoms with Gasteiger partial charge in [0.25, 0.3) is 5.91 Å². The van der Waals surface area contributed by atoms with E-state index in [2.05, 4.69) is 37.4 Å². The molecule has 0 aliphatic carbocycles. The lowest BCUT2D eigenvalue weighted by Crippen LogP contribution is -2.28. The van der Waals surface area contributed by atoms with E-state index < -0.39 is 0 Å². The maximum absolute atomic E-state index is 12.8. The van der Waals surface area contributed by atoms with Gasteiger partial charge in [0, 0.05) is 30.3 Å². The number of rotatable bonds is 4.